The summed E-state index contributed by atoms with van der Waals surface area (Å²) in [7, 11) is 0. The number of nitrogens with two attached hydrogens (primary N) is 1. The number of nitrogens with zero attached hydrogens (tertiary/aromatic N) is 1. The second kappa shape index (κ2) is 4.16. The van der Waals surface area contributed by atoms with Crippen molar-refractivity contribution < 1.29 is 24.6 Å². The lowest BCUT2D eigenvalue weighted by Gasteiger charge is -2.14. The van der Waals surface area contributed by atoms with Gasteiger partial charge in [-0.2, -0.15) is 0 Å². The Hall–Kier alpha value is -1.79. The molecule has 68 valence electrons. The Morgan fingerprint density at radius 3 is 1.58 bits per heavy atom. The molecule has 7 heteroatoms. The Kier molecular flexibility index (Phi) is 3.54. The Bertz CT molecular complexity index is 198. The van der Waals surface area contributed by atoms with E-state index in [0.717, 1.165) is 0 Å². The summed E-state index contributed by atoms with van der Waals surface area (Å²) in [5.41, 5.74) is 4.69. The fourth-order valence-electron chi connectivity index (χ4n) is 0.538. The lowest BCUT2D eigenvalue weighted by atomic mass is 10.5. The highest BCUT2D eigenvalue weighted by Crippen LogP contribution is 1.86. The zero-order valence-electron chi connectivity index (χ0n) is 6.06. The number of hydrogen-bond acceptors (Lipinski definition) is 3. The van der Waals surface area contributed by atoms with E-state index in [1.165, 1.54) is 0 Å². The molecule has 0 aliphatic rings. The van der Waals surface area contributed by atoms with Crippen LogP contribution in [0.15, 0.2) is 0 Å². The molecule has 0 aliphatic carbocycles. The molecule has 4 N–H and O–H groups in total. The van der Waals surface area contributed by atoms with Crippen LogP contribution in [0.25, 0.3) is 0 Å². The Balaban J connectivity index is 4.14. The molecule has 0 aromatic rings. The number of hydrogen-bond donors (Lipinski definition) is 3. The molecular weight excluding hydrogens is 168 g/mol. The molecule has 2 amide bonds. The summed E-state index contributed by atoms with van der Waals surface area (Å²) in [6.07, 6.45) is 0. The van der Waals surface area contributed by atoms with Crippen molar-refractivity contribution in [2.45, 2.75) is 0 Å². The maximum atomic E-state index is 10.4. The molecule has 0 aromatic heterocycles. The lowest BCUT2D eigenvalue weighted by molar-refractivity contribution is -0.140. The molecule has 0 aliphatic heterocycles. The van der Waals surface area contributed by atoms with E-state index in [4.69, 9.17) is 15.9 Å². The molecule has 0 bridgehead atoms. The average molecular weight is 176 g/mol. The van der Waals surface area contributed by atoms with Gasteiger partial charge in [0, 0.05) is 0 Å². The molecular formula is C5H8N2O5. The second-order valence-electron chi connectivity index (χ2n) is 1.98. The van der Waals surface area contributed by atoms with Gasteiger partial charge in [0.1, 0.15) is 13.1 Å². The summed E-state index contributed by atoms with van der Waals surface area (Å²) in [6, 6.07) is -1.07. The van der Waals surface area contributed by atoms with Crippen LogP contribution >= 0.6 is 0 Å². The third-order valence-corrected chi connectivity index (χ3v) is 0.964. The van der Waals surface area contributed by atoms with Crippen molar-refractivity contribution in [3.8, 4) is 0 Å². The van der Waals surface area contributed by atoms with Crippen molar-refractivity contribution in [2.24, 2.45) is 5.73 Å². The minimum Gasteiger partial charge on any atom is -0.480 e. The predicted octanol–water partition coefficient (Wildman–Crippen LogP) is -1.46. The quantitative estimate of drug-likeness (QED) is 0.483. The SMILES string of the molecule is NC(=O)N(CC(=O)O)CC(=O)O. The van der Waals surface area contributed by atoms with E-state index in [2.05, 4.69) is 0 Å². The third-order valence-electron chi connectivity index (χ3n) is 0.964. The number of aliphatic carboxylic acids is 2. The van der Waals surface area contributed by atoms with Crippen molar-refractivity contribution in [1.29, 1.82) is 0 Å². The molecule has 7 nitrogen and oxygen atoms in total. The van der Waals surface area contributed by atoms with Gasteiger partial charge in [0.25, 0.3) is 0 Å². The predicted molar refractivity (Wildman–Crippen MR) is 36.4 cm³/mol. The highest BCUT2D eigenvalue weighted by Gasteiger charge is 2.16. The maximum Gasteiger partial charge on any atom is 0.323 e. The van der Waals surface area contributed by atoms with Crippen molar-refractivity contribution in [1.82, 2.24) is 4.90 Å². The van der Waals surface area contributed by atoms with Gasteiger partial charge in [-0.3, -0.25) is 9.59 Å². The smallest absolute Gasteiger partial charge is 0.323 e. The molecule has 0 heterocycles. The number of carboxylic acids is 2. The fraction of sp³-hybridized carbons (Fsp3) is 0.400. The van der Waals surface area contributed by atoms with Gasteiger partial charge in [-0.15, -0.1) is 0 Å². The van der Waals surface area contributed by atoms with E-state index in [1.807, 2.05) is 0 Å². The average Bonchev–Trinajstić information content (AvgIpc) is 1.83. The number of rotatable bonds is 4. The summed E-state index contributed by atoms with van der Waals surface area (Å²) in [6.45, 7) is -1.41. The van der Waals surface area contributed by atoms with E-state index < -0.39 is 31.1 Å². The first-order valence-corrected chi connectivity index (χ1v) is 2.91. The molecule has 0 radical (unpaired) electrons. The summed E-state index contributed by atoms with van der Waals surface area (Å²) in [5, 5.41) is 16.4. The monoisotopic (exact) mass is 176 g/mol. The van der Waals surface area contributed by atoms with E-state index in [-0.39, 0.29) is 0 Å². The molecule has 0 saturated carbocycles. The van der Waals surface area contributed by atoms with Gasteiger partial charge in [-0.25, -0.2) is 4.79 Å². The van der Waals surface area contributed by atoms with Crippen LogP contribution in [-0.2, 0) is 9.59 Å². The molecule has 0 saturated heterocycles. The summed E-state index contributed by atoms with van der Waals surface area (Å²) >= 11 is 0. The van der Waals surface area contributed by atoms with Gasteiger partial charge in [0.15, 0.2) is 0 Å². The van der Waals surface area contributed by atoms with Crippen LogP contribution in [0.4, 0.5) is 4.79 Å². The van der Waals surface area contributed by atoms with E-state index in [9.17, 15) is 14.4 Å². The fourth-order valence-corrected chi connectivity index (χ4v) is 0.538. The van der Waals surface area contributed by atoms with Crippen LogP contribution in [0.1, 0.15) is 0 Å². The third kappa shape index (κ3) is 4.09. The van der Waals surface area contributed by atoms with Gasteiger partial charge in [0.2, 0.25) is 0 Å². The molecule has 12 heavy (non-hydrogen) atoms. The molecule has 0 fully saturated rings. The van der Waals surface area contributed by atoms with Crippen LogP contribution in [0.3, 0.4) is 0 Å². The topological polar surface area (TPSA) is 121 Å². The second-order valence-corrected chi connectivity index (χ2v) is 1.98. The van der Waals surface area contributed by atoms with E-state index in [0.29, 0.717) is 4.90 Å². The summed E-state index contributed by atoms with van der Waals surface area (Å²) < 4.78 is 0. The first kappa shape index (κ1) is 10.2. The van der Waals surface area contributed by atoms with Gasteiger partial charge in [-0.05, 0) is 0 Å². The largest absolute Gasteiger partial charge is 0.480 e. The Morgan fingerprint density at radius 2 is 1.42 bits per heavy atom. The standard InChI is InChI=1S/C5H8N2O5/c6-5(12)7(1-3(8)9)2-4(10)11/h1-2H2,(H2,6,12)(H,8,9)(H,10,11). The van der Waals surface area contributed by atoms with E-state index in [1.54, 1.807) is 0 Å². The highest BCUT2D eigenvalue weighted by molar-refractivity contribution is 5.83. The minimum atomic E-state index is -1.31. The van der Waals surface area contributed by atoms with Crippen molar-refractivity contribution in [2.75, 3.05) is 13.1 Å². The van der Waals surface area contributed by atoms with Crippen molar-refractivity contribution in [3.05, 3.63) is 0 Å². The molecule has 0 atom stereocenters. The first-order chi connectivity index (χ1) is 5.43. The highest BCUT2D eigenvalue weighted by atomic mass is 16.4. The van der Waals surface area contributed by atoms with Crippen molar-refractivity contribution >= 4 is 18.0 Å². The Morgan fingerprint density at radius 1 is 1.08 bits per heavy atom. The molecule has 0 rings (SSSR count). The van der Waals surface area contributed by atoms with Crippen LogP contribution < -0.4 is 5.73 Å². The number of carboxylic acid groups (broad SMARTS) is 2. The zero-order chi connectivity index (χ0) is 9.72. The summed E-state index contributed by atoms with van der Waals surface area (Å²) in [4.78, 5) is 31.0. The number of amides is 2. The minimum absolute atomic E-state index is 0.505. The normalized spacial score (nSPS) is 9.00. The number of carbonyl (C=O) groups excluding carboxylic acids is 1. The maximum absolute atomic E-state index is 10.4. The van der Waals surface area contributed by atoms with Crippen molar-refractivity contribution in [3.63, 3.8) is 0 Å². The lowest BCUT2D eigenvalue weighted by Crippen LogP contribution is -2.42. The van der Waals surface area contributed by atoms with Gasteiger partial charge in [-0.1, -0.05) is 0 Å². The first-order valence-electron chi connectivity index (χ1n) is 2.91. The van der Waals surface area contributed by atoms with Crippen LogP contribution in [0, 0.1) is 0 Å². The summed E-state index contributed by atoms with van der Waals surface area (Å²) in [5.74, 6) is -2.62. The Labute approximate surface area is 67.4 Å². The molecule has 0 aromatic carbocycles. The van der Waals surface area contributed by atoms with Gasteiger partial charge >= 0.3 is 18.0 Å². The number of carbonyl (C=O) groups is 3. The zero-order valence-corrected chi connectivity index (χ0v) is 6.06. The number of urea groups is 1. The number of primary amides is 1. The van der Waals surface area contributed by atoms with Gasteiger partial charge < -0.3 is 20.8 Å². The van der Waals surface area contributed by atoms with Gasteiger partial charge in [0.05, 0.1) is 0 Å². The van der Waals surface area contributed by atoms with Crippen LogP contribution in [0.5, 0.6) is 0 Å². The van der Waals surface area contributed by atoms with Crippen LogP contribution in [0.2, 0.25) is 0 Å². The van der Waals surface area contributed by atoms with Crippen LogP contribution in [-0.4, -0.2) is 46.2 Å². The van der Waals surface area contributed by atoms with E-state index >= 15 is 0 Å². The molecule has 0 spiro atoms. The molecule has 0 unspecified atom stereocenters.